The zero-order valence-corrected chi connectivity index (χ0v) is 23.4. The van der Waals surface area contributed by atoms with Crippen LogP contribution in [0.3, 0.4) is 0 Å². The third-order valence-corrected chi connectivity index (χ3v) is 9.18. The van der Waals surface area contributed by atoms with E-state index in [4.69, 9.17) is 0 Å². The Hall–Kier alpha value is -4.15. The van der Waals surface area contributed by atoms with E-state index in [1.54, 1.807) is 55.5 Å². The molecule has 10 heteroatoms. The molecule has 0 heterocycles. The van der Waals surface area contributed by atoms with E-state index in [1.807, 2.05) is 26.0 Å². The van der Waals surface area contributed by atoms with Gasteiger partial charge in [0, 0.05) is 11.4 Å². The fourth-order valence-electron chi connectivity index (χ4n) is 3.89. The Kier molecular flexibility index (Phi) is 8.08. The molecule has 0 aliphatic heterocycles. The number of sulfonamides is 2. The van der Waals surface area contributed by atoms with Crippen molar-refractivity contribution >= 4 is 43.0 Å². The van der Waals surface area contributed by atoms with E-state index in [1.165, 1.54) is 36.4 Å². The Morgan fingerprint density at radius 3 is 1.92 bits per heavy atom. The lowest BCUT2D eigenvalue weighted by atomic mass is 10.1. The van der Waals surface area contributed by atoms with Crippen LogP contribution >= 0.6 is 0 Å². The van der Waals surface area contributed by atoms with Gasteiger partial charge in [-0.1, -0.05) is 48.0 Å². The Labute approximate surface area is 229 Å². The highest BCUT2D eigenvalue weighted by Crippen LogP contribution is 2.28. The largest absolute Gasteiger partial charge is 0.325 e. The number of rotatable bonds is 9. The standard InChI is InChI=1S/C29H29N3O5S2/c1-21-10-15-27(16-11-21)39(36,37)32(28-19-22(2)9-12-23(28)3)20-29(33)30-24-13-17-26(18-14-24)38(34,35)31-25-7-5-4-6-8-25/h4-19,31H,20H2,1-3H3,(H,30,33). The number of nitrogens with zero attached hydrogens (tertiary/aromatic N) is 1. The maximum absolute atomic E-state index is 13.7. The lowest BCUT2D eigenvalue weighted by molar-refractivity contribution is -0.114. The van der Waals surface area contributed by atoms with Crippen molar-refractivity contribution in [1.82, 2.24) is 0 Å². The Morgan fingerprint density at radius 1 is 0.692 bits per heavy atom. The zero-order chi connectivity index (χ0) is 28.2. The Morgan fingerprint density at radius 2 is 1.28 bits per heavy atom. The summed E-state index contributed by atoms with van der Waals surface area (Å²) in [5.41, 5.74) is 3.61. The van der Waals surface area contributed by atoms with Gasteiger partial charge in [-0.2, -0.15) is 0 Å². The SMILES string of the molecule is Cc1ccc(S(=O)(=O)N(CC(=O)Nc2ccc(S(=O)(=O)Nc3ccccc3)cc2)c2cc(C)ccc2C)cc1. The van der Waals surface area contributed by atoms with Gasteiger partial charge in [0.1, 0.15) is 6.54 Å². The summed E-state index contributed by atoms with van der Waals surface area (Å²) in [4.78, 5) is 13.2. The number of carbonyl (C=O) groups is 1. The molecule has 0 fully saturated rings. The van der Waals surface area contributed by atoms with Crippen LogP contribution < -0.4 is 14.3 Å². The molecule has 202 valence electrons. The molecule has 39 heavy (non-hydrogen) atoms. The number of para-hydroxylation sites is 1. The van der Waals surface area contributed by atoms with Crippen molar-refractivity contribution in [3.63, 3.8) is 0 Å². The molecular formula is C29H29N3O5S2. The van der Waals surface area contributed by atoms with E-state index < -0.39 is 32.5 Å². The predicted octanol–water partition coefficient (Wildman–Crippen LogP) is 5.25. The van der Waals surface area contributed by atoms with Crippen molar-refractivity contribution in [3.8, 4) is 0 Å². The smallest absolute Gasteiger partial charge is 0.264 e. The van der Waals surface area contributed by atoms with Crippen LogP contribution in [-0.4, -0.2) is 29.3 Å². The maximum atomic E-state index is 13.7. The molecule has 0 atom stereocenters. The van der Waals surface area contributed by atoms with Gasteiger partial charge in [-0.15, -0.1) is 0 Å². The van der Waals surface area contributed by atoms with E-state index >= 15 is 0 Å². The molecular weight excluding hydrogens is 534 g/mol. The fourth-order valence-corrected chi connectivity index (χ4v) is 6.43. The zero-order valence-electron chi connectivity index (χ0n) is 21.7. The highest BCUT2D eigenvalue weighted by atomic mass is 32.2. The van der Waals surface area contributed by atoms with Crippen LogP contribution in [0.15, 0.2) is 107 Å². The first-order valence-corrected chi connectivity index (χ1v) is 15.0. The molecule has 1 amide bonds. The number of hydrogen-bond acceptors (Lipinski definition) is 5. The van der Waals surface area contributed by atoms with Crippen LogP contribution in [0.2, 0.25) is 0 Å². The van der Waals surface area contributed by atoms with E-state index in [2.05, 4.69) is 10.0 Å². The summed E-state index contributed by atoms with van der Waals surface area (Å²) < 4.78 is 56.3. The maximum Gasteiger partial charge on any atom is 0.264 e. The molecule has 0 spiro atoms. The fraction of sp³-hybridized carbons (Fsp3) is 0.138. The van der Waals surface area contributed by atoms with Gasteiger partial charge >= 0.3 is 0 Å². The summed E-state index contributed by atoms with van der Waals surface area (Å²) in [7, 11) is -7.89. The van der Waals surface area contributed by atoms with Crippen molar-refractivity contribution in [3.05, 3.63) is 114 Å². The minimum Gasteiger partial charge on any atom is -0.325 e. The van der Waals surface area contributed by atoms with Gasteiger partial charge in [0.15, 0.2) is 0 Å². The molecule has 0 aliphatic carbocycles. The van der Waals surface area contributed by atoms with Crippen molar-refractivity contribution in [2.75, 3.05) is 20.9 Å². The van der Waals surface area contributed by atoms with Crippen molar-refractivity contribution in [2.45, 2.75) is 30.6 Å². The second-order valence-electron chi connectivity index (χ2n) is 9.16. The molecule has 0 aliphatic rings. The van der Waals surface area contributed by atoms with E-state index in [0.717, 1.165) is 15.4 Å². The van der Waals surface area contributed by atoms with Gasteiger partial charge in [-0.3, -0.25) is 13.8 Å². The Balaban J connectivity index is 1.57. The van der Waals surface area contributed by atoms with Gasteiger partial charge < -0.3 is 5.32 Å². The van der Waals surface area contributed by atoms with Crippen molar-refractivity contribution in [2.24, 2.45) is 0 Å². The number of benzene rings is 4. The topological polar surface area (TPSA) is 113 Å². The molecule has 0 bridgehead atoms. The summed E-state index contributed by atoms with van der Waals surface area (Å²) >= 11 is 0. The lowest BCUT2D eigenvalue weighted by Crippen LogP contribution is -2.38. The molecule has 0 unspecified atom stereocenters. The summed E-state index contributed by atoms with van der Waals surface area (Å²) in [6, 6.07) is 26.0. The average Bonchev–Trinajstić information content (AvgIpc) is 2.89. The number of anilines is 3. The van der Waals surface area contributed by atoms with Gasteiger partial charge in [-0.25, -0.2) is 16.8 Å². The van der Waals surface area contributed by atoms with E-state index in [9.17, 15) is 21.6 Å². The number of carbonyl (C=O) groups excluding carboxylic acids is 1. The first kappa shape index (κ1) is 27.9. The third kappa shape index (κ3) is 6.65. The van der Waals surface area contributed by atoms with E-state index in [-0.39, 0.29) is 9.79 Å². The molecule has 0 aromatic heterocycles. The minimum absolute atomic E-state index is 0.0170. The molecule has 4 rings (SSSR count). The first-order chi connectivity index (χ1) is 18.5. The molecule has 4 aromatic carbocycles. The minimum atomic E-state index is -4.07. The predicted molar refractivity (Wildman–Crippen MR) is 154 cm³/mol. The molecule has 4 aromatic rings. The summed E-state index contributed by atoms with van der Waals surface area (Å²) in [5.74, 6) is -0.579. The molecule has 0 saturated carbocycles. The van der Waals surface area contributed by atoms with Crippen LogP contribution in [0, 0.1) is 20.8 Å². The molecule has 2 N–H and O–H groups in total. The van der Waals surface area contributed by atoms with Crippen LogP contribution in [-0.2, 0) is 24.8 Å². The van der Waals surface area contributed by atoms with Crippen LogP contribution in [0.5, 0.6) is 0 Å². The summed E-state index contributed by atoms with van der Waals surface area (Å²) in [6.07, 6.45) is 0. The molecule has 0 saturated heterocycles. The quantitative estimate of drug-likeness (QED) is 0.289. The highest BCUT2D eigenvalue weighted by molar-refractivity contribution is 7.93. The lowest BCUT2D eigenvalue weighted by Gasteiger charge is -2.26. The van der Waals surface area contributed by atoms with Crippen LogP contribution in [0.4, 0.5) is 17.1 Å². The second kappa shape index (κ2) is 11.3. The van der Waals surface area contributed by atoms with Gasteiger partial charge in [0.05, 0.1) is 15.5 Å². The number of aryl methyl sites for hydroxylation is 3. The Bertz CT molecular complexity index is 1690. The third-order valence-electron chi connectivity index (χ3n) is 6.00. The normalized spacial score (nSPS) is 11.6. The van der Waals surface area contributed by atoms with Gasteiger partial charge in [0.2, 0.25) is 5.91 Å². The van der Waals surface area contributed by atoms with Crippen molar-refractivity contribution < 1.29 is 21.6 Å². The first-order valence-electron chi connectivity index (χ1n) is 12.1. The summed E-state index contributed by atoms with van der Waals surface area (Å²) in [6.45, 7) is 5.02. The summed E-state index contributed by atoms with van der Waals surface area (Å²) in [5, 5.41) is 2.68. The van der Waals surface area contributed by atoms with Gasteiger partial charge in [-0.05, 0) is 86.5 Å². The van der Waals surface area contributed by atoms with Crippen molar-refractivity contribution in [1.29, 1.82) is 0 Å². The number of hydrogen-bond donors (Lipinski definition) is 2. The molecule has 8 nitrogen and oxygen atoms in total. The van der Waals surface area contributed by atoms with Gasteiger partial charge in [0.25, 0.3) is 20.0 Å². The van der Waals surface area contributed by atoms with Crippen LogP contribution in [0.1, 0.15) is 16.7 Å². The van der Waals surface area contributed by atoms with E-state index in [0.29, 0.717) is 22.6 Å². The number of amides is 1. The van der Waals surface area contributed by atoms with Crippen LogP contribution in [0.25, 0.3) is 0 Å². The molecule has 0 radical (unpaired) electrons. The number of nitrogens with one attached hydrogen (secondary N) is 2. The second-order valence-corrected chi connectivity index (χ2v) is 12.7. The monoisotopic (exact) mass is 563 g/mol. The highest BCUT2D eigenvalue weighted by Gasteiger charge is 2.28. The average molecular weight is 564 g/mol.